The van der Waals surface area contributed by atoms with Crippen LogP contribution in [-0.4, -0.2) is 48.4 Å². The van der Waals surface area contributed by atoms with Crippen molar-refractivity contribution in [1.29, 1.82) is 0 Å². The van der Waals surface area contributed by atoms with Crippen molar-refractivity contribution in [3.63, 3.8) is 0 Å². The number of rotatable bonds is 10. The van der Waals surface area contributed by atoms with E-state index in [2.05, 4.69) is 11.9 Å². The van der Waals surface area contributed by atoms with Crippen LogP contribution in [-0.2, 0) is 25.5 Å². The van der Waals surface area contributed by atoms with Gasteiger partial charge in [0.05, 0.1) is 6.42 Å². The number of carbonyl (C=O) groups excluding carboxylic acids is 3. The normalized spacial score (nSPS) is 11.6. The number of benzene rings is 1. The summed E-state index contributed by atoms with van der Waals surface area (Å²) in [5.74, 6) is -1.32. The summed E-state index contributed by atoms with van der Waals surface area (Å²) < 4.78 is 5.17. The van der Waals surface area contributed by atoms with Gasteiger partial charge in [-0.25, -0.2) is 4.79 Å². The zero-order valence-corrected chi connectivity index (χ0v) is 16.7. The molecule has 27 heavy (non-hydrogen) atoms. The molecule has 0 aliphatic heterocycles. The van der Waals surface area contributed by atoms with Crippen molar-refractivity contribution in [2.24, 2.45) is 5.92 Å². The van der Waals surface area contributed by atoms with Gasteiger partial charge in [-0.05, 0) is 25.3 Å². The Morgan fingerprint density at radius 2 is 1.81 bits per heavy atom. The number of ether oxygens (including phenoxy) is 1. The highest BCUT2D eigenvalue weighted by molar-refractivity contribution is 5.87. The number of hydrogen-bond donors (Lipinski definition) is 1. The standard InChI is InChI=1S/C21H30N2O4/c1-6-23(13-15(2)3)19(25)14-27-21(26)20(16(4)5)22-18(24)12-17-10-8-7-9-11-17/h7-11,16,20H,2,6,12-14H2,1,3-5H3,(H,22,24). The molecule has 0 heterocycles. The molecule has 1 aromatic rings. The smallest absolute Gasteiger partial charge is 0.329 e. The molecule has 1 atom stereocenters. The maximum absolute atomic E-state index is 12.4. The summed E-state index contributed by atoms with van der Waals surface area (Å²) in [6.07, 6.45) is 0.179. The van der Waals surface area contributed by atoms with E-state index in [1.54, 1.807) is 4.90 Å². The highest BCUT2D eigenvalue weighted by Crippen LogP contribution is 2.07. The first-order valence-corrected chi connectivity index (χ1v) is 9.16. The van der Waals surface area contributed by atoms with Crippen molar-refractivity contribution in [1.82, 2.24) is 10.2 Å². The molecule has 1 rings (SSSR count). The minimum absolute atomic E-state index is 0.162. The van der Waals surface area contributed by atoms with Crippen LogP contribution in [0.15, 0.2) is 42.5 Å². The fraction of sp³-hybridized carbons (Fsp3) is 0.476. The Labute approximate surface area is 161 Å². The van der Waals surface area contributed by atoms with Gasteiger partial charge in [0.15, 0.2) is 6.61 Å². The number of amides is 2. The molecular weight excluding hydrogens is 344 g/mol. The fourth-order valence-corrected chi connectivity index (χ4v) is 2.52. The largest absolute Gasteiger partial charge is 0.454 e. The van der Waals surface area contributed by atoms with Gasteiger partial charge in [0, 0.05) is 13.1 Å². The van der Waals surface area contributed by atoms with Crippen LogP contribution in [0.5, 0.6) is 0 Å². The predicted octanol–water partition coefficient (Wildman–Crippen LogP) is 2.34. The van der Waals surface area contributed by atoms with E-state index in [1.165, 1.54) is 0 Å². The summed E-state index contributed by atoms with van der Waals surface area (Å²) in [6.45, 7) is 11.7. The van der Waals surface area contributed by atoms with Crippen molar-refractivity contribution in [2.75, 3.05) is 19.7 Å². The van der Waals surface area contributed by atoms with Gasteiger partial charge in [-0.15, -0.1) is 0 Å². The first-order valence-electron chi connectivity index (χ1n) is 9.16. The number of nitrogens with zero attached hydrogens (tertiary/aromatic N) is 1. The van der Waals surface area contributed by atoms with Crippen molar-refractivity contribution >= 4 is 17.8 Å². The van der Waals surface area contributed by atoms with Crippen LogP contribution < -0.4 is 5.32 Å². The average Bonchev–Trinajstić information content (AvgIpc) is 2.62. The summed E-state index contributed by atoms with van der Waals surface area (Å²) in [6, 6.07) is 8.48. The molecule has 0 saturated carbocycles. The maximum atomic E-state index is 12.4. The molecule has 0 radical (unpaired) electrons. The second-order valence-corrected chi connectivity index (χ2v) is 6.92. The van der Waals surface area contributed by atoms with E-state index < -0.39 is 12.0 Å². The van der Waals surface area contributed by atoms with Crippen LogP contribution in [0.3, 0.4) is 0 Å². The van der Waals surface area contributed by atoms with E-state index in [1.807, 2.05) is 58.0 Å². The zero-order valence-electron chi connectivity index (χ0n) is 16.7. The molecule has 0 spiro atoms. The van der Waals surface area contributed by atoms with Crippen molar-refractivity contribution < 1.29 is 19.1 Å². The van der Waals surface area contributed by atoms with Gasteiger partial charge < -0.3 is 15.0 Å². The molecule has 6 nitrogen and oxygen atoms in total. The Bertz CT molecular complexity index is 655. The molecule has 0 aromatic heterocycles. The molecule has 0 fully saturated rings. The molecule has 148 valence electrons. The highest BCUT2D eigenvalue weighted by Gasteiger charge is 2.27. The Kier molecular flexibility index (Phi) is 9.26. The number of carbonyl (C=O) groups is 3. The lowest BCUT2D eigenvalue weighted by Crippen LogP contribution is -2.47. The number of esters is 1. The molecule has 1 aromatic carbocycles. The minimum atomic E-state index is -0.801. The van der Waals surface area contributed by atoms with E-state index in [4.69, 9.17) is 4.74 Å². The van der Waals surface area contributed by atoms with Gasteiger partial charge in [-0.1, -0.05) is 56.3 Å². The third-order valence-electron chi connectivity index (χ3n) is 3.98. The molecule has 1 unspecified atom stereocenters. The van der Waals surface area contributed by atoms with Crippen LogP contribution in [0.1, 0.15) is 33.3 Å². The Hall–Kier alpha value is -2.63. The second kappa shape index (κ2) is 11.2. The predicted molar refractivity (Wildman–Crippen MR) is 105 cm³/mol. The molecule has 0 saturated heterocycles. The Morgan fingerprint density at radius 1 is 1.19 bits per heavy atom. The summed E-state index contributed by atoms with van der Waals surface area (Å²) in [4.78, 5) is 38.4. The average molecular weight is 374 g/mol. The molecule has 2 amide bonds. The molecule has 0 aliphatic rings. The Morgan fingerprint density at radius 3 is 2.33 bits per heavy atom. The zero-order chi connectivity index (χ0) is 20.4. The summed E-state index contributed by atoms with van der Waals surface area (Å²) in [7, 11) is 0. The van der Waals surface area contributed by atoms with Crippen LogP contribution in [0, 0.1) is 5.92 Å². The third-order valence-corrected chi connectivity index (χ3v) is 3.98. The lowest BCUT2D eigenvalue weighted by Gasteiger charge is -2.23. The van der Waals surface area contributed by atoms with Gasteiger partial charge in [0.2, 0.25) is 5.91 Å². The van der Waals surface area contributed by atoms with E-state index in [-0.39, 0.29) is 30.8 Å². The Balaban J connectivity index is 2.60. The minimum Gasteiger partial charge on any atom is -0.454 e. The number of hydrogen-bond acceptors (Lipinski definition) is 4. The topological polar surface area (TPSA) is 75.7 Å². The van der Waals surface area contributed by atoms with Gasteiger partial charge in [-0.3, -0.25) is 9.59 Å². The van der Waals surface area contributed by atoms with Crippen molar-refractivity contribution in [3.8, 4) is 0 Å². The lowest BCUT2D eigenvalue weighted by molar-refractivity contribution is -0.155. The first-order chi connectivity index (χ1) is 12.7. The van der Waals surface area contributed by atoms with Crippen LogP contribution >= 0.6 is 0 Å². The van der Waals surface area contributed by atoms with Gasteiger partial charge in [0.1, 0.15) is 6.04 Å². The summed E-state index contributed by atoms with van der Waals surface area (Å²) in [5, 5.41) is 2.71. The second-order valence-electron chi connectivity index (χ2n) is 6.92. The first kappa shape index (κ1) is 22.4. The van der Waals surface area contributed by atoms with Gasteiger partial charge >= 0.3 is 5.97 Å². The van der Waals surface area contributed by atoms with Crippen LogP contribution in [0.4, 0.5) is 0 Å². The lowest BCUT2D eigenvalue weighted by atomic mass is 10.0. The molecule has 0 bridgehead atoms. The molecule has 6 heteroatoms. The van der Waals surface area contributed by atoms with E-state index in [0.717, 1.165) is 11.1 Å². The maximum Gasteiger partial charge on any atom is 0.329 e. The highest BCUT2D eigenvalue weighted by atomic mass is 16.5. The molecule has 0 aliphatic carbocycles. The molecular formula is C21H30N2O4. The number of nitrogens with one attached hydrogen (secondary N) is 1. The summed E-state index contributed by atoms with van der Waals surface area (Å²) >= 11 is 0. The van der Waals surface area contributed by atoms with Crippen molar-refractivity contribution in [3.05, 3.63) is 48.0 Å². The monoisotopic (exact) mass is 374 g/mol. The van der Waals surface area contributed by atoms with Crippen molar-refractivity contribution in [2.45, 2.75) is 40.2 Å². The van der Waals surface area contributed by atoms with Gasteiger partial charge in [0.25, 0.3) is 5.91 Å². The van der Waals surface area contributed by atoms with Gasteiger partial charge in [-0.2, -0.15) is 0 Å². The SMILES string of the molecule is C=C(C)CN(CC)C(=O)COC(=O)C(NC(=O)Cc1ccccc1)C(C)C. The quantitative estimate of drug-likeness (QED) is 0.504. The summed E-state index contributed by atoms with van der Waals surface area (Å²) in [5.41, 5.74) is 1.71. The molecule has 1 N–H and O–H groups in total. The third kappa shape index (κ3) is 8.07. The van der Waals surface area contributed by atoms with E-state index >= 15 is 0 Å². The fourth-order valence-electron chi connectivity index (χ4n) is 2.52. The number of likely N-dealkylation sites (N-methyl/N-ethyl adjacent to an activating group) is 1. The van der Waals surface area contributed by atoms with E-state index in [0.29, 0.717) is 13.1 Å². The van der Waals surface area contributed by atoms with Crippen LogP contribution in [0.25, 0.3) is 0 Å². The van der Waals surface area contributed by atoms with Crippen LogP contribution in [0.2, 0.25) is 0 Å². The van der Waals surface area contributed by atoms with E-state index in [9.17, 15) is 14.4 Å².